The highest BCUT2D eigenvalue weighted by molar-refractivity contribution is 5.85. The molecule has 0 spiro atoms. The molecule has 0 aliphatic carbocycles. The summed E-state index contributed by atoms with van der Waals surface area (Å²) in [4.78, 5) is 16.6. The summed E-state index contributed by atoms with van der Waals surface area (Å²) >= 11 is 0. The van der Waals surface area contributed by atoms with Crippen molar-refractivity contribution < 1.29 is 14.1 Å². The molecule has 2 atom stereocenters. The number of carbonyl (C=O) groups is 1. The number of methoxy groups -OCH3 is 1. The normalized spacial score (nSPS) is 23.5. The zero-order valence-electron chi connectivity index (χ0n) is 15.3. The molecule has 2 aliphatic rings. The fourth-order valence-electron chi connectivity index (χ4n) is 3.91. The molecule has 2 aliphatic heterocycles. The van der Waals surface area contributed by atoms with Gasteiger partial charge in [0.25, 0.3) is 0 Å². The number of benzene rings is 1. The molecule has 7 nitrogen and oxygen atoms in total. The number of carbonyl (C=O) groups excluding carboxylic acids is 1. The van der Waals surface area contributed by atoms with Gasteiger partial charge in [-0.1, -0.05) is 5.16 Å². The van der Waals surface area contributed by atoms with Crippen LogP contribution >= 0.6 is 12.4 Å². The van der Waals surface area contributed by atoms with Crippen LogP contribution in [0.1, 0.15) is 38.0 Å². The van der Waals surface area contributed by atoms with Crippen LogP contribution in [0.4, 0.5) is 0 Å². The monoisotopic (exact) mass is 392 g/mol. The molecule has 2 aromatic rings. The van der Waals surface area contributed by atoms with Gasteiger partial charge in [-0.3, -0.25) is 4.79 Å². The molecule has 4 rings (SSSR count). The maximum atomic E-state index is 12.2. The third kappa shape index (κ3) is 4.78. The van der Waals surface area contributed by atoms with Gasteiger partial charge in [0.15, 0.2) is 0 Å². The molecule has 146 valence electrons. The number of rotatable bonds is 6. The van der Waals surface area contributed by atoms with Crippen LogP contribution in [0.15, 0.2) is 28.8 Å². The van der Waals surface area contributed by atoms with E-state index in [1.165, 1.54) is 12.8 Å². The molecule has 1 amide bonds. The summed E-state index contributed by atoms with van der Waals surface area (Å²) in [6, 6.07) is 8.90. The molecule has 8 heteroatoms. The zero-order chi connectivity index (χ0) is 17.9. The number of fused-ring (bicyclic) bond motifs is 2. The average molecular weight is 393 g/mol. The maximum Gasteiger partial charge on any atom is 0.227 e. The molecule has 2 N–H and O–H groups in total. The van der Waals surface area contributed by atoms with E-state index in [9.17, 15) is 4.79 Å². The Morgan fingerprint density at radius 2 is 1.96 bits per heavy atom. The Labute approximate surface area is 164 Å². The fraction of sp³-hybridized carbons (Fsp3) is 0.526. The van der Waals surface area contributed by atoms with Crippen LogP contribution in [-0.2, 0) is 11.2 Å². The van der Waals surface area contributed by atoms with Crippen LogP contribution in [0.3, 0.4) is 0 Å². The second-order valence-corrected chi connectivity index (χ2v) is 7.11. The lowest BCUT2D eigenvalue weighted by molar-refractivity contribution is -0.122. The first kappa shape index (κ1) is 19.6. The molecule has 0 saturated carbocycles. The molecule has 3 heterocycles. The minimum absolute atomic E-state index is 0. The number of hydrogen-bond acceptors (Lipinski definition) is 6. The summed E-state index contributed by atoms with van der Waals surface area (Å²) < 4.78 is 10.4. The van der Waals surface area contributed by atoms with Gasteiger partial charge in [0.1, 0.15) is 5.75 Å². The SMILES string of the molecule is COc1ccc(-c2noc(CCC(=O)NC3CC4CCC(C3)N4)n2)cc1.Cl. The Morgan fingerprint density at radius 3 is 2.63 bits per heavy atom. The van der Waals surface area contributed by atoms with Crippen molar-refractivity contribution >= 4 is 18.3 Å². The summed E-state index contributed by atoms with van der Waals surface area (Å²) in [5, 5.41) is 10.7. The largest absolute Gasteiger partial charge is 0.497 e. The predicted octanol–water partition coefficient (Wildman–Crippen LogP) is 2.50. The van der Waals surface area contributed by atoms with E-state index >= 15 is 0 Å². The van der Waals surface area contributed by atoms with E-state index in [0.717, 1.165) is 24.2 Å². The number of aromatic nitrogens is 2. The molecule has 27 heavy (non-hydrogen) atoms. The standard InChI is InChI=1S/C19H24N4O3.ClH/c1-25-16-6-2-12(3-7-16)19-22-18(26-23-19)9-8-17(24)21-15-10-13-4-5-14(11-15)20-13;/h2-3,6-7,13-15,20H,4-5,8-11H2,1H3,(H,21,24);1H. The van der Waals surface area contributed by atoms with Crippen molar-refractivity contribution in [2.24, 2.45) is 0 Å². The van der Waals surface area contributed by atoms with E-state index in [1.807, 2.05) is 24.3 Å². The third-order valence-corrected chi connectivity index (χ3v) is 5.22. The lowest BCUT2D eigenvalue weighted by atomic mass is 9.99. The number of piperidine rings is 1. The number of hydrogen-bond donors (Lipinski definition) is 2. The lowest BCUT2D eigenvalue weighted by Crippen LogP contribution is -2.48. The van der Waals surface area contributed by atoms with Gasteiger partial charge in [-0.05, 0) is 49.9 Å². The molecule has 2 saturated heterocycles. The van der Waals surface area contributed by atoms with Gasteiger partial charge in [-0.15, -0.1) is 12.4 Å². The van der Waals surface area contributed by atoms with Gasteiger partial charge in [-0.25, -0.2) is 0 Å². The Kier molecular flexibility index (Phi) is 6.34. The zero-order valence-corrected chi connectivity index (χ0v) is 16.1. The van der Waals surface area contributed by atoms with E-state index < -0.39 is 0 Å². The number of ether oxygens (including phenoxy) is 1. The van der Waals surface area contributed by atoms with Crippen LogP contribution in [0.2, 0.25) is 0 Å². The summed E-state index contributed by atoms with van der Waals surface area (Å²) in [6.07, 6.45) is 5.34. The van der Waals surface area contributed by atoms with Gasteiger partial charge in [0.2, 0.25) is 17.6 Å². The van der Waals surface area contributed by atoms with Crippen molar-refractivity contribution in [1.82, 2.24) is 20.8 Å². The highest BCUT2D eigenvalue weighted by atomic mass is 35.5. The quantitative estimate of drug-likeness (QED) is 0.785. The van der Waals surface area contributed by atoms with Crippen LogP contribution in [-0.4, -0.2) is 41.3 Å². The van der Waals surface area contributed by atoms with Crippen LogP contribution < -0.4 is 15.4 Å². The number of amides is 1. The first-order valence-electron chi connectivity index (χ1n) is 9.22. The van der Waals surface area contributed by atoms with Gasteiger partial charge < -0.3 is 19.9 Å². The third-order valence-electron chi connectivity index (χ3n) is 5.22. The Morgan fingerprint density at radius 1 is 1.26 bits per heavy atom. The van der Waals surface area contributed by atoms with Crippen molar-refractivity contribution in [2.45, 2.75) is 56.7 Å². The molecule has 2 unspecified atom stereocenters. The molecule has 2 bridgehead atoms. The fourth-order valence-corrected chi connectivity index (χ4v) is 3.91. The molecule has 1 aromatic carbocycles. The molecule has 2 fully saturated rings. The minimum Gasteiger partial charge on any atom is -0.497 e. The topological polar surface area (TPSA) is 89.3 Å². The number of nitrogens with zero attached hydrogens (tertiary/aromatic N) is 2. The molecule has 1 aromatic heterocycles. The first-order valence-corrected chi connectivity index (χ1v) is 9.22. The Bertz CT molecular complexity index is 753. The van der Waals surface area contributed by atoms with E-state index in [0.29, 0.717) is 42.7 Å². The smallest absolute Gasteiger partial charge is 0.227 e. The molecular formula is C19H25ClN4O3. The summed E-state index contributed by atoms with van der Waals surface area (Å²) in [5.74, 6) is 1.84. The Balaban J connectivity index is 0.00000210. The van der Waals surface area contributed by atoms with E-state index in [2.05, 4.69) is 20.8 Å². The van der Waals surface area contributed by atoms with Gasteiger partial charge in [0, 0.05) is 36.5 Å². The second kappa shape index (κ2) is 8.71. The van der Waals surface area contributed by atoms with Crippen LogP contribution in [0.5, 0.6) is 5.75 Å². The van der Waals surface area contributed by atoms with E-state index in [4.69, 9.17) is 9.26 Å². The van der Waals surface area contributed by atoms with Crippen molar-refractivity contribution in [2.75, 3.05) is 7.11 Å². The second-order valence-electron chi connectivity index (χ2n) is 7.11. The maximum absolute atomic E-state index is 12.2. The van der Waals surface area contributed by atoms with E-state index in [1.54, 1.807) is 7.11 Å². The highest BCUT2D eigenvalue weighted by Crippen LogP contribution is 2.26. The average Bonchev–Trinajstić information content (AvgIpc) is 3.26. The number of nitrogens with one attached hydrogen (secondary N) is 2. The van der Waals surface area contributed by atoms with Gasteiger partial charge >= 0.3 is 0 Å². The first-order chi connectivity index (χ1) is 12.7. The molecule has 0 radical (unpaired) electrons. The number of halogens is 1. The lowest BCUT2D eigenvalue weighted by Gasteiger charge is -2.29. The van der Waals surface area contributed by atoms with Crippen LogP contribution in [0, 0.1) is 0 Å². The van der Waals surface area contributed by atoms with Crippen molar-refractivity contribution in [3.63, 3.8) is 0 Å². The molecular weight excluding hydrogens is 368 g/mol. The predicted molar refractivity (Wildman–Crippen MR) is 103 cm³/mol. The Hall–Kier alpha value is -2.12. The van der Waals surface area contributed by atoms with Crippen molar-refractivity contribution in [3.05, 3.63) is 30.2 Å². The summed E-state index contributed by atoms with van der Waals surface area (Å²) in [7, 11) is 1.63. The summed E-state index contributed by atoms with van der Waals surface area (Å²) in [6.45, 7) is 0. The van der Waals surface area contributed by atoms with Crippen molar-refractivity contribution in [3.8, 4) is 17.1 Å². The number of aryl methyl sites for hydroxylation is 1. The van der Waals surface area contributed by atoms with Gasteiger partial charge in [0.05, 0.1) is 7.11 Å². The van der Waals surface area contributed by atoms with Crippen molar-refractivity contribution in [1.29, 1.82) is 0 Å². The van der Waals surface area contributed by atoms with Crippen LogP contribution in [0.25, 0.3) is 11.4 Å². The van der Waals surface area contributed by atoms with Gasteiger partial charge in [-0.2, -0.15) is 4.98 Å². The minimum atomic E-state index is 0. The van der Waals surface area contributed by atoms with E-state index in [-0.39, 0.29) is 18.3 Å². The summed E-state index contributed by atoms with van der Waals surface area (Å²) in [5.41, 5.74) is 0.857. The highest BCUT2D eigenvalue weighted by Gasteiger charge is 2.33.